The topological polar surface area (TPSA) is 55.1 Å². The van der Waals surface area contributed by atoms with Gasteiger partial charge in [-0.05, 0) is 45.1 Å². The van der Waals surface area contributed by atoms with E-state index in [2.05, 4.69) is 19.2 Å². The van der Waals surface area contributed by atoms with Crippen LogP contribution in [0.2, 0.25) is 0 Å². The standard InChI is InChI=1S/C13H26N2O/c1-12(2)7-5-6-10(12)11(16)15-13(3,4)8-9-14/h10H,5-9,14H2,1-4H3,(H,15,16). The molecule has 0 saturated heterocycles. The molecule has 1 saturated carbocycles. The summed E-state index contributed by atoms with van der Waals surface area (Å²) in [6.07, 6.45) is 4.17. The minimum Gasteiger partial charge on any atom is -0.351 e. The molecule has 1 aliphatic carbocycles. The Morgan fingerprint density at radius 1 is 1.50 bits per heavy atom. The van der Waals surface area contributed by atoms with E-state index in [1.807, 2.05) is 13.8 Å². The van der Waals surface area contributed by atoms with Crippen LogP contribution in [0.1, 0.15) is 53.4 Å². The lowest BCUT2D eigenvalue weighted by Gasteiger charge is -2.32. The molecule has 0 aromatic rings. The maximum absolute atomic E-state index is 12.2. The Labute approximate surface area is 99.2 Å². The van der Waals surface area contributed by atoms with Crippen LogP contribution in [0.25, 0.3) is 0 Å². The predicted molar refractivity (Wildman–Crippen MR) is 67.0 cm³/mol. The molecule has 0 aromatic heterocycles. The van der Waals surface area contributed by atoms with Crippen molar-refractivity contribution in [2.45, 2.75) is 58.9 Å². The molecule has 0 aliphatic heterocycles. The van der Waals surface area contributed by atoms with Crippen LogP contribution < -0.4 is 11.1 Å². The summed E-state index contributed by atoms with van der Waals surface area (Å²) in [5.74, 6) is 0.380. The molecular formula is C13H26N2O. The zero-order valence-corrected chi connectivity index (χ0v) is 11.1. The van der Waals surface area contributed by atoms with Crippen LogP contribution in [-0.4, -0.2) is 18.0 Å². The molecule has 94 valence electrons. The monoisotopic (exact) mass is 226 g/mol. The zero-order chi connectivity index (χ0) is 12.4. The summed E-state index contributed by atoms with van der Waals surface area (Å²) >= 11 is 0. The van der Waals surface area contributed by atoms with Crippen molar-refractivity contribution in [1.29, 1.82) is 0 Å². The van der Waals surface area contributed by atoms with E-state index in [1.165, 1.54) is 6.42 Å². The summed E-state index contributed by atoms with van der Waals surface area (Å²) in [5.41, 5.74) is 5.53. The van der Waals surface area contributed by atoms with Crippen LogP contribution >= 0.6 is 0 Å². The van der Waals surface area contributed by atoms with Crippen molar-refractivity contribution in [3.8, 4) is 0 Å². The number of amides is 1. The fourth-order valence-electron chi connectivity index (χ4n) is 2.66. The van der Waals surface area contributed by atoms with Gasteiger partial charge in [-0.3, -0.25) is 4.79 Å². The van der Waals surface area contributed by atoms with E-state index in [0.717, 1.165) is 19.3 Å². The van der Waals surface area contributed by atoms with E-state index in [4.69, 9.17) is 5.73 Å². The second-order valence-corrected chi connectivity index (χ2v) is 6.35. The summed E-state index contributed by atoms with van der Waals surface area (Å²) in [7, 11) is 0. The van der Waals surface area contributed by atoms with Gasteiger partial charge >= 0.3 is 0 Å². The minimum absolute atomic E-state index is 0.156. The number of rotatable bonds is 4. The van der Waals surface area contributed by atoms with Gasteiger partial charge in [-0.15, -0.1) is 0 Å². The highest BCUT2D eigenvalue weighted by molar-refractivity contribution is 5.80. The number of nitrogens with one attached hydrogen (secondary N) is 1. The van der Waals surface area contributed by atoms with Gasteiger partial charge < -0.3 is 11.1 Å². The molecule has 1 amide bonds. The number of carbonyl (C=O) groups is 1. The Balaban J connectivity index is 2.59. The summed E-state index contributed by atoms with van der Waals surface area (Å²) in [6, 6.07) is 0. The number of carbonyl (C=O) groups excluding carboxylic acids is 1. The summed E-state index contributed by atoms with van der Waals surface area (Å²) in [5, 5.41) is 3.14. The number of hydrogen-bond donors (Lipinski definition) is 2. The highest BCUT2D eigenvalue weighted by Gasteiger charge is 2.40. The minimum atomic E-state index is -0.176. The van der Waals surface area contributed by atoms with E-state index in [9.17, 15) is 4.79 Å². The molecule has 0 spiro atoms. The largest absolute Gasteiger partial charge is 0.351 e. The first-order chi connectivity index (χ1) is 7.28. The third-order valence-corrected chi connectivity index (χ3v) is 3.80. The van der Waals surface area contributed by atoms with Crippen molar-refractivity contribution in [2.75, 3.05) is 6.54 Å². The highest BCUT2D eigenvalue weighted by atomic mass is 16.2. The predicted octanol–water partition coefficient (Wildman–Crippen LogP) is 2.06. The molecule has 0 radical (unpaired) electrons. The average molecular weight is 226 g/mol. The van der Waals surface area contributed by atoms with Gasteiger partial charge in [0.15, 0.2) is 0 Å². The highest BCUT2D eigenvalue weighted by Crippen LogP contribution is 2.42. The Morgan fingerprint density at radius 3 is 2.56 bits per heavy atom. The van der Waals surface area contributed by atoms with Gasteiger partial charge in [-0.25, -0.2) is 0 Å². The fraction of sp³-hybridized carbons (Fsp3) is 0.923. The quantitative estimate of drug-likeness (QED) is 0.771. The average Bonchev–Trinajstić information content (AvgIpc) is 2.43. The molecule has 0 heterocycles. The van der Waals surface area contributed by atoms with Crippen LogP contribution in [0.5, 0.6) is 0 Å². The lowest BCUT2D eigenvalue weighted by molar-refractivity contribution is -0.129. The van der Waals surface area contributed by atoms with Crippen LogP contribution in [0, 0.1) is 11.3 Å². The zero-order valence-electron chi connectivity index (χ0n) is 11.1. The van der Waals surface area contributed by atoms with Crippen LogP contribution in [0.4, 0.5) is 0 Å². The van der Waals surface area contributed by atoms with Crippen molar-refractivity contribution >= 4 is 5.91 Å². The van der Waals surface area contributed by atoms with E-state index in [-0.39, 0.29) is 22.8 Å². The lowest BCUT2D eigenvalue weighted by atomic mass is 9.81. The van der Waals surface area contributed by atoms with E-state index in [0.29, 0.717) is 6.54 Å². The summed E-state index contributed by atoms with van der Waals surface area (Å²) in [4.78, 5) is 12.2. The van der Waals surface area contributed by atoms with Gasteiger partial charge in [0.25, 0.3) is 0 Å². The molecule has 3 heteroatoms. The lowest BCUT2D eigenvalue weighted by Crippen LogP contribution is -2.48. The first kappa shape index (κ1) is 13.5. The van der Waals surface area contributed by atoms with Gasteiger partial charge in [0, 0.05) is 11.5 Å². The maximum Gasteiger partial charge on any atom is 0.224 e. The van der Waals surface area contributed by atoms with Crippen molar-refractivity contribution in [3.63, 3.8) is 0 Å². The number of nitrogens with two attached hydrogens (primary N) is 1. The van der Waals surface area contributed by atoms with Crippen molar-refractivity contribution in [3.05, 3.63) is 0 Å². The summed E-state index contributed by atoms with van der Waals surface area (Å²) < 4.78 is 0. The molecule has 16 heavy (non-hydrogen) atoms. The molecule has 1 atom stereocenters. The van der Waals surface area contributed by atoms with E-state index >= 15 is 0 Å². The van der Waals surface area contributed by atoms with Crippen LogP contribution in [-0.2, 0) is 4.79 Å². The fourth-order valence-corrected chi connectivity index (χ4v) is 2.66. The molecule has 1 rings (SSSR count). The SMILES string of the molecule is CC(C)(CCN)NC(=O)C1CCCC1(C)C. The van der Waals surface area contributed by atoms with Crippen molar-refractivity contribution < 1.29 is 4.79 Å². The Hall–Kier alpha value is -0.570. The second kappa shape index (κ2) is 4.74. The maximum atomic E-state index is 12.2. The van der Waals surface area contributed by atoms with Gasteiger partial charge in [0.2, 0.25) is 5.91 Å². The molecule has 1 unspecified atom stereocenters. The van der Waals surface area contributed by atoms with Crippen LogP contribution in [0.15, 0.2) is 0 Å². The summed E-state index contributed by atoms with van der Waals surface area (Å²) in [6.45, 7) is 9.08. The molecule has 3 N–H and O–H groups in total. The smallest absolute Gasteiger partial charge is 0.224 e. The van der Waals surface area contributed by atoms with E-state index in [1.54, 1.807) is 0 Å². The Bertz CT molecular complexity index is 259. The van der Waals surface area contributed by atoms with Gasteiger partial charge in [0.1, 0.15) is 0 Å². The Kier molecular flexibility index (Phi) is 4.00. The Morgan fingerprint density at radius 2 is 2.12 bits per heavy atom. The first-order valence-corrected chi connectivity index (χ1v) is 6.31. The molecular weight excluding hydrogens is 200 g/mol. The molecule has 0 aromatic carbocycles. The van der Waals surface area contributed by atoms with Crippen LogP contribution in [0.3, 0.4) is 0 Å². The second-order valence-electron chi connectivity index (χ2n) is 6.35. The molecule has 1 aliphatic rings. The molecule has 1 fully saturated rings. The normalized spacial score (nSPS) is 24.4. The van der Waals surface area contributed by atoms with E-state index < -0.39 is 0 Å². The van der Waals surface area contributed by atoms with Gasteiger partial charge in [-0.2, -0.15) is 0 Å². The van der Waals surface area contributed by atoms with Crippen molar-refractivity contribution in [2.24, 2.45) is 17.1 Å². The first-order valence-electron chi connectivity index (χ1n) is 6.31. The number of hydrogen-bond acceptors (Lipinski definition) is 2. The third kappa shape index (κ3) is 3.21. The molecule has 0 bridgehead atoms. The van der Waals surface area contributed by atoms with Crippen molar-refractivity contribution in [1.82, 2.24) is 5.32 Å². The molecule has 3 nitrogen and oxygen atoms in total. The van der Waals surface area contributed by atoms with Gasteiger partial charge in [-0.1, -0.05) is 20.3 Å². The third-order valence-electron chi connectivity index (χ3n) is 3.80. The van der Waals surface area contributed by atoms with Gasteiger partial charge in [0.05, 0.1) is 0 Å².